The number of nitrogens with one attached hydrogen (secondary N) is 1. The lowest BCUT2D eigenvalue weighted by Gasteiger charge is -2.19. The van der Waals surface area contributed by atoms with Crippen molar-refractivity contribution in [1.82, 2.24) is 10.4 Å². The molecule has 0 amide bonds. The Labute approximate surface area is 128 Å². The Morgan fingerprint density at radius 3 is 2.76 bits per heavy atom. The van der Waals surface area contributed by atoms with Crippen LogP contribution >= 0.6 is 11.6 Å². The summed E-state index contributed by atoms with van der Waals surface area (Å²) < 4.78 is 0. The third-order valence-corrected chi connectivity index (χ3v) is 4.09. The quantitative estimate of drug-likeness (QED) is 0.572. The van der Waals surface area contributed by atoms with E-state index < -0.39 is 0 Å². The summed E-state index contributed by atoms with van der Waals surface area (Å²) in [6.45, 7) is 1.98. The third-order valence-electron chi connectivity index (χ3n) is 3.69. The molecule has 0 fully saturated rings. The van der Waals surface area contributed by atoms with Gasteiger partial charge >= 0.3 is 0 Å². The van der Waals surface area contributed by atoms with Crippen molar-refractivity contribution in [3.63, 3.8) is 0 Å². The van der Waals surface area contributed by atoms with Gasteiger partial charge < -0.3 is 0 Å². The lowest BCUT2D eigenvalue weighted by atomic mass is 9.95. The maximum atomic E-state index is 6.24. The van der Waals surface area contributed by atoms with E-state index in [9.17, 15) is 0 Å². The van der Waals surface area contributed by atoms with Crippen molar-refractivity contribution < 1.29 is 0 Å². The average Bonchev–Trinajstić information content (AvgIpc) is 2.52. The number of benzene rings is 2. The van der Waals surface area contributed by atoms with Crippen molar-refractivity contribution >= 4 is 22.5 Å². The first kappa shape index (κ1) is 14.0. The molecule has 0 saturated carbocycles. The van der Waals surface area contributed by atoms with Crippen LogP contribution in [0.25, 0.3) is 10.9 Å². The van der Waals surface area contributed by atoms with E-state index in [1.54, 1.807) is 6.20 Å². The van der Waals surface area contributed by atoms with Crippen molar-refractivity contribution in [2.24, 2.45) is 5.84 Å². The lowest BCUT2D eigenvalue weighted by molar-refractivity contribution is 0.641. The highest BCUT2D eigenvalue weighted by Crippen LogP contribution is 2.29. The molecule has 1 atom stereocenters. The second kappa shape index (κ2) is 5.82. The first-order chi connectivity index (χ1) is 10.2. The molecule has 3 aromatic rings. The number of aryl methyl sites for hydroxylation is 1. The lowest BCUT2D eigenvalue weighted by Crippen LogP contribution is -2.29. The predicted molar refractivity (Wildman–Crippen MR) is 87.1 cm³/mol. The number of hydrazine groups is 1. The molecule has 0 radical (unpaired) electrons. The van der Waals surface area contributed by atoms with Gasteiger partial charge in [-0.2, -0.15) is 0 Å². The van der Waals surface area contributed by atoms with Gasteiger partial charge in [0.1, 0.15) is 0 Å². The molecule has 0 bridgehead atoms. The monoisotopic (exact) mass is 297 g/mol. The number of hydrogen-bond donors (Lipinski definition) is 2. The summed E-state index contributed by atoms with van der Waals surface area (Å²) in [5.41, 5.74) is 7.01. The van der Waals surface area contributed by atoms with Crippen LogP contribution in [0.4, 0.5) is 0 Å². The fourth-order valence-corrected chi connectivity index (χ4v) is 2.72. The van der Waals surface area contributed by atoms with Crippen molar-refractivity contribution in [2.45, 2.75) is 13.0 Å². The summed E-state index contributed by atoms with van der Waals surface area (Å²) in [5, 5.41) is 1.82. The number of nitrogens with zero attached hydrogens (tertiary/aromatic N) is 1. The zero-order valence-electron chi connectivity index (χ0n) is 11.7. The molecule has 0 saturated heterocycles. The van der Waals surface area contributed by atoms with E-state index in [4.69, 9.17) is 17.4 Å². The maximum absolute atomic E-state index is 6.24. The average molecular weight is 298 g/mol. The highest BCUT2D eigenvalue weighted by molar-refractivity contribution is 6.31. The summed E-state index contributed by atoms with van der Waals surface area (Å²) in [4.78, 5) is 4.39. The minimum absolute atomic E-state index is 0.129. The number of fused-ring (bicyclic) bond motifs is 1. The van der Waals surface area contributed by atoms with Gasteiger partial charge in [0.2, 0.25) is 0 Å². The maximum Gasteiger partial charge on any atom is 0.0717 e. The van der Waals surface area contributed by atoms with Gasteiger partial charge in [0.15, 0.2) is 0 Å². The summed E-state index contributed by atoms with van der Waals surface area (Å²) in [6.07, 6.45) is 1.79. The SMILES string of the molecule is Cc1ccc(C(NN)c2cccc3ncccc23)cc1Cl. The zero-order chi connectivity index (χ0) is 14.8. The van der Waals surface area contributed by atoms with E-state index in [-0.39, 0.29) is 6.04 Å². The Kier molecular flexibility index (Phi) is 3.88. The first-order valence-electron chi connectivity index (χ1n) is 6.76. The van der Waals surface area contributed by atoms with Gasteiger partial charge in [0, 0.05) is 16.6 Å². The molecular weight excluding hydrogens is 282 g/mol. The van der Waals surface area contributed by atoms with Crippen LogP contribution in [0.2, 0.25) is 5.02 Å². The number of pyridine rings is 1. The largest absolute Gasteiger partial charge is 0.271 e. The molecule has 3 nitrogen and oxygen atoms in total. The second-order valence-corrected chi connectivity index (χ2v) is 5.43. The molecule has 1 unspecified atom stereocenters. The number of aromatic nitrogens is 1. The van der Waals surface area contributed by atoms with Gasteiger partial charge in [0.25, 0.3) is 0 Å². The molecule has 2 aromatic carbocycles. The normalized spacial score (nSPS) is 12.5. The van der Waals surface area contributed by atoms with Crippen LogP contribution in [0.15, 0.2) is 54.7 Å². The molecule has 0 aliphatic rings. The van der Waals surface area contributed by atoms with Gasteiger partial charge in [-0.3, -0.25) is 10.8 Å². The Morgan fingerprint density at radius 1 is 1.14 bits per heavy atom. The van der Waals surface area contributed by atoms with Gasteiger partial charge in [-0.05, 0) is 41.8 Å². The van der Waals surface area contributed by atoms with Crippen LogP contribution in [0.1, 0.15) is 22.7 Å². The number of hydrogen-bond acceptors (Lipinski definition) is 3. The summed E-state index contributed by atoms with van der Waals surface area (Å²) in [5.74, 6) is 5.80. The van der Waals surface area contributed by atoms with E-state index in [1.807, 2.05) is 43.3 Å². The molecule has 1 heterocycles. The van der Waals surface area contributed by atoms with Crippen LogP contribution < -0.4 is 11.3 Å². The first-order valence-corrected chi connectivity index (χ1v) is 7.14. The number of rotatable bonds is 3. The number of nitrogens with two attached hydrogens (primary N) is 1. The van der Waals surface area contributed by atoms with Crippen LogP contribution in [0, 0.1) is 6.92 Å². The minimum atomic E-state index is -0.129. The molecule has 1 aromatic heterocycles. The summed E-state index contributed by atoms with van der Waals surface area (Å²) in [7, 11) is 0. The molecule has 0 spiro atoms. The smallest absolute Gasteiger partial charge is 0.0717 e. The molecule has 3 N–H and O–H groups in total. The summed E-state index contributed by atoms with van der Waals surface area (Å²) >= 11 is 6.24. The van der Waals surface area contributed by atoms with E-state index in [2.05, 4.69) is 22.5 Å². The van der Waals surface area contributed by atoms with Crippen LogP contribution in [0.3, 0.4) is 0 Å². The van der Waals surface area contributed by atoms with Crippen molar-refractivity contribution in [2.75, 3.05) is 0 Å². The fourth-order valence-electron chi connectivity index (χ4n) is 2.53. The predicted octanol–water partition coefficient (Wildman–Crippen LogP) is 3.75. The topological polar surface area (TPSA) is 50.9 Å². The Balaban J connectivity index is 2.16. The van der Waals surface area contributed by atoms with E-state index >= 15 is 0 Å². The van der Waals surface area contributed by atoms with Gasteiger partial charge in [-0.25, -0.2) is 5.43 Å². The minimum Gasteiger partial charge on any atom is -0.271 e. The molecule has 4 heteroatoms. The van der Waals surface area contributed by atoms with E-state index in [0.717, 1.165) is 32.6 Å². The van der Waals surface area contributed by atoms with E-state index in [0.29, 0.717) is 0 Å². The van der Waals surface area contributed by atoms with E-state index in [1.165, 1.54) is 0 Å². The fraction of sp³-hybridized carbons (Fsp3) is 0.118. The molecule has 3 rings (SSSR count). The summed E-state index contributed by atoms with van der Waals surface area (Å²) in [6, 6.07) is 15.9. The molecular formula is C17H16ClN3. The Bertz CT molecular complexity index is 781. The van der Waals surface area contributed by atoms with Crippen molar-refractivity contribution in [3.8, 4) is 0 Å². The third kappa shape index (κ3) is 2.63. The molecule has 106 valence electrons. The zero-order valence-corrected chi connectivity index (χ0v) is 12.4. The Hall–Kier alpha value is -1.94. The number of halogens is 1. The standard InChI is InChI=1S/C17H16ClN3/c1-11-7-8-12(10-15(11)18)17(21-19)14-4-2-6-16-13(14)5-3-9-20-16/h2-10,17,21H,19H2,1H3. The van der Waals surface area contributed by atoms with Crippen LogP contribution in [-0.2, 0) is 0 Å². The highest BCUT2D eigenvalue weighted by atomic mass is 35.5. The highest BCUT2D eigenvalue weighted by Gasteiger charge is 2.16. The van der Waals surface area contributed by atoms with Crippen molar-refractivity contribution in [1.29, 1.82) is 0 Å². The molecule has 0 aliphatic carbocycles. The van der Waals surface area contributed by atoms with Gasteiger partial charge in [0.05, 0.1) is 11.6 Å². The second-order valence-electron chi connectivity index (χ2n) is 5.03. The van der Waals surface area contributed by atoms with Crippen LogP contribution in [-0.4, -0.2) is 4.98 Å². The van der Waals surface area contributed by atoms with Crippen LogP contribution in [0.5, 0.6) is 0 Å². The molecule has 21 heavy (non-hydrogen) atoms. The van der Waals surface area contributed by atoms with Crippen molar-refractivity contribution in [3.05, 3.63) is 76.4 Å². The van der Waals surface area contributed by atoms with Gasteiger partial charge in [-0.1, -0.05) is 41.9 Å². The van der Waals surface area contributed by atoms with Gasteiger partial charge in [-0.15, -0.1) is 0 Å². The molecule has 0 aliphatic heterocycles. The Morgan fingerprint density at radius 2 is 2.00 bits per heavy atom.